The number of anilines is 1. The summed E-state index contributed by atoms with van der Waals surface area (Å²) in [6.07, 6.45) is 3.03. The van der Waals surface area contributed by atoms with Crippen LogP contribution in [-0.2, 0) is 0 Å². The zero-order valence-corrected chi connectivity index (χ0v) is 17.0. The fourth-order valence-electron chi connectivity index (χ4n) is 3.18. The van der Waals surface area contributed by atoms with Gasteiger partial charge in [-0.15, -0.1) is 0 Å². The van der Waals surface area contributed by atoms with E-state index in [1.165, 1.54) is 42.6 Å². The fourth-order valence-corrected chi connectivity index (χ4v) is 3.43. The third-order valence-corrected chi connectivity index (χ3v) is 5.45. The number of amides is 1. The quantitative estimate of drug-likeness (QED) is 0.498. The SMILES string of the molecule is [C-]#[N+]c1c(-c2ccc(F)cc2)c(=O)c(C(=O)Nc2ccc(Br)c(F)c2)cn1C1CC1. The molecule has 150 valence electrons. The summed E-state index contributed by atoms with van der Waals surface area (Å²) < 4.78 is 29.0. The molecule has 2 aromatic carbocycles. The number of carbonyl (C=O) groups is 1. The van der Waals surface area contributed by atoms with Crippen LogP contribution in [0.4, 0.5) is 20.3 Å². The molecule has 0 saturated heterocycles. The second-order valence-electron chi connectivity index (χ2n) is 6.91. The minimum atomic E-state index is -0.712. The number of rotatable bonds is 4. The second-order valence-corrected chi connectivity index (χ2v) is 7.76. The van der Waals surface area contributed by atoms with Gasteiger partial charge in [-0.3, -0.25) is 14.2 Å². The van der Waals surface area contributed by atoms with Crippen LogP contribution in [0.25, 0.3) is 16.0 Å². The van der Waals surface area contributed by atoms with E-state index in [2.05, 4.69) is 26.1 Å². The first-order valence-electron chi connectivity index (χ1n) is 9.08. The summed E-state index contributed by atoms with van der Waals surface area (Å²) in [5.74, 6) is -1.63. The lowest BCUT2D eigenvalue weighted by Gasteiger charge is -2.14. The summed E-state index contributed by atoms with van der Waals surface area (Å²) in [4.78, 5) is 29.6. The van der Waals surface area contributed by atoms with Gasteiger partial charge in [0, 0.05) is 5.69 Å². The molecular weight excluding hydrogens is 456 g/mol. The minimum Gasteiger partial charge on any atom is -0.363 e. The molecule has 4 rings (SSSR count). The first-order valence-corrected chi connectivity index (χ1v) is 9.87. The lowest BCUT2D eigenvalue weighted by molar-refractivity contribution is 0.102. The lowest BCUT2D eigenvalue weighted by atomic mass is 10.0. The summed E-state index contributed by atoms with van der Waals surface area (Å²) in [5.41, 5.74) is -0.218. The maximum atomic E-state index is 13.8. The zero-order valence-electron chi connectivity index (χ0n) is 15.5. The number of hydrogen-bond acceptors (Lipinski definition) is 2. The van der Waals surface area contributed by atoms with Crippen molar-refractivity contribution in [3.8, 4) is 11.1 Å². The van der Waals surface area contributed by atoms with Crippen LogP contribution in [0.3, 0.4) is 0 Å². The van der Waals surface area contributed by atoms with E-state index in [4.69, 9.17) is 6.57 Å². The molecule has 8 heteroatoms. The van der Waals surface area contributed by atoms with Gasteiger partial charge < -0.3 is 10.2 Å². The molecule has 1 fully saturated rings. The number of nitrogens with zero attached hydrogens (tertiary/aromatic N) is 2. The van der Waals surface area contributed by atoms with Gasteiger partial charge in [-0.2, -0.15) is 0 Å². The summed E-state index contributed by atoms with van der Waals surface area (Å²) in [6, 6.07) is 9.30. The van der Waals surface area contributed by atoms with Crippen LogP contribution in [0.5, 0.6) is 0 Å². The summed E-state index contributed by atoms with van der Waals surface area (Å²) in [5, 5.41) is 2.53. The molecule has 0 radical (unpaired) electrons. The molecule has 3 aromatic rings. The van der Waals surface area contributed by atoms with E-state index in [1.54, 1.807) is 4.57 Å². The van der Waals surface area contributed by atoms with Crippen molar-refractivity contribution in [1.29, 1.82) is 0 Å². The molecule has 1 aliphatic rings. The third kappa shape index (κ3) is 3.76. The molecule has 30 heavy (non-hydrogen) atoms. The third-order valence-electron chi connectivity index (χ3n) is 4.81. The van der Waals surface area contributed by atoms with Gasteiger partial charge in [0.05, 0.1) is 22.3 Å². The molecule has 1 saturated carbocycles. The highest BCUT2D eigenvalue weighted by molar-refractivity contribution is 9.10. The molecule has 1 amide bonds. The van der Waals surface area contributed by atoms with E-state index < -0.39 is 23.0 Å². The highest BCUT2D eigenvalue weighted by atomic mass is 79.9. The molecule has 0 spiro atoms. The molecule has 1 heterocycles. The Morgan fingerprint density at radius 1 is 1.17 bits per heavy atom. The number of pyridine rings is 1. The van der Waals surface area contributed by atoms with E-state index in [9.17, 15) is 18.4 Å². The first-order chi connectivity index (χ1) is 14.4. The highest BCUT2D eigenvalue weighted by Gasteiger charge is 2.32. The Labute approximate surface area is 178 Å². The molecule has 1 aromatic heterocycles. The van der Waals surface area contributed by atoms with Gasteiger partial charge in [0.1, 0.15) is 17.2 Å². The molecule has 0 aliphatic heterocycles. The second kappa shape index (κ2) is 7.84. The average Bonchev–Trinajstić information content (AvgIpc) is 3.56. The maximum absolute atomic E-state index is 13.8. The van der Waals surface area contributed by atoms with E-state index in [1.807, 2.05) is 0 Å². The summed E-state index contributed by atoms with van der Waals surface area (Å²) in [7, 11) is 0. The van der Waals surface area contributed by atoms with E-state index in [0.717, 1.165) is 18.9 Å². The Morgan fingerprint density at radius 2 is 1.87 bits per heavy atom. The van der Waals surface area contributed by atoms with Crippen molar-refractivity contribution in [2.24, 2.45) is 0 Å². The number of hydrogen-bond donors (Lipinski definition) is 1. The maximum Gasteiger partial charge on any atom is 0.263 e. The first kappa shape index (κ1) is 20.0. The van der Waals surface area contributed by atoms with Crippen molar-refractivity contribution in [3.63, 3.8) is 0 Å². The highest BCUT2D eigenvalue weighted by Crippen LogP contribution is 2.41. The van der Waals surface area contributed by atoms with Gasteiger partial charge in [-0.1, -0.05) is 18.7 Å². The fraction of sp³-hybridized carbons (Fsp3) is 0.136. The Bertz CT molecular complexity index is 1260. The van der Waals surface area contributed by atoms with Crippen LogP contribution in [0.2, 0.25) is 0 Å². The van der Waals surface area contributed by atoms with Crippen LogP contribution in [0, 0.1) is 18.2 Å². The molecule has 1 aliphatic carbocycles. The number of halogens is 3. The van der Waals surface area contributed by atoms with Gasteiger partial charge in [-0.25, -0.2) is 8.78 Å². The van der Waals surface area contributed by atoms with Crippen molar-refractivity contribution >= 4 is 33.3 Å². The largest absolute Gasteiger partial charge is 0.363 e. The Morgan fingerprint density at radius 3 is 2.47 bits per heavy atom. The summed E-state index contributed by atoms with van der Waals surface area (Å²) >= 11 is 3.04. The molecule has 0 bridgehead atoms. The van der Waals surface area contributed by atoms with E-state index in [0.29, 0.717) is 5.56 Å². The van der Waals surface area contributed by atoms with Gasteiger partial charge in [0.25, 0.3) is 5.91 Å². The molecular formula is C22H14BrF2N3O2. The number of nitrogens with one attached hydrogen (secondary N) is 1. The van der Waals surface area contributed by atoms with Crippen LogP contribution in [0.1, 0.15) is 29.2 Å². The van der Waals surface area contributed by atoms with E-state index >= 15 is 0 Å². The Kier molecular flexibility index (Phi) is 5.22. The van der Waals surface area contributed by atoms with Crippen molar-refractivity contribution in [2.45, 2.75) is 18.9 Å². The van der Waals surface area contributed by atoms with Crippen LogP contribution >= 0.6 is 15.9 Å². The van der Waals surface area contributed by atoms with E-state index in [-0.39, 0.29) is 33.1 Å². The topological polar surface area (TPSA) is 55.5 Å². The number of benzene rings is 2. The smallest absolute Gasteiger partial charge is 0.263 e. The van der Waals surface area contributed by atoms with Crippen molar-refractivity contribution in [1.82, 2.24) is 4.57 Å². The van der Waals surface area contributed by atoms with Gasteiger partial charge in [0.2, 0.25) is 5.82 Å². The standard InChI is InChI=1S/C22H14BrF2N3O2/c1-26-21-19(12-2-4-13(24)5-3-12)20(29)16(11-28(21)15-7-8-15)22(30)27-14-6-9-17(23)18(25)10-14/h2-6,9-11,15H,7-8H2,(H,27,30). The van der Waals surface area contributed by atoms with Crippen molar-refractivity contribution in [2.75, 3.05) is 5.32 Å². The molecule has 0 unspecified atom stereocenters. The molecule has 5 nitrogen and oxygen atoms in total. The number of aromatic nitrogens is 1. The Balaban J connectivity index is 1.84. The summed E-state index contributed by atoms with van der Waals surface area (Å²) in [6.45, 7) is 7.58. The number of carbonyl (C=O) groups excluding carboxylic acids is 1. The van der Waals surface area contributed by atoms with Crippen LogP contribution in [0.15, 0.2) is 57.9 Å². The van der Waals surface area contributed by atoms with Crippen molar-refractivity contribution < 1.29 is 13.6 Å². The van der Waals surface area contributed by atoms with Crippen LogP contribution < -0.4 is 10.7 Å². The monoisotopic (exact) mass is 469 g/mol. The van der Waals surface area contributed by atoms with Crippen LogP contribution in [-0.4, -0.2) is 10.5 Å². The zero-order chi connectivity index (χ0) is 21.4. The molecule has 0 atom stereocenters. The molecule has 1 N–H and O–H groups in total. The normalized spacial score (nSPS) is 13.0. The van der Waals surface area contributed by atoms with Crippen molar-refractivity contribution in [3.05, 3.63) is 92.0 Å². The minimum absolute atomic E-state index is 0.0190. The lowest BCUT2D eigenvalue weighted by Crippen LogP contribution is -2.25. The van der Waals surface area contributed by atoms with Gasteiger partial charge in [0.15, 0.2) is 5.43 Å². The van der Waals surface area contributed by atoms with Gasteiger partial charge >= 0.3 is 0 Å². The Hall–Kier alpha value is -3.31. The predicted molar refractivity (Wildman–Crippen MR) is 113 cm³/mol. The predicted octanol–water partition coefficient (Wildman–Crippen LogP) is 5.69. The van der Waals surface area contributed by atoms with Gasteiger partial charge in [-0.05, 0) is 64.7 Å². The average molecular weight is 470 g/mol.